The van der Waals surface area contributed by atoms with Gasteiger partial charge in [0.1, 0.15) is 11.4 Å². The largest absolute Gasteiger partial charge is 0.497 e. The molecule has 1 saturated heterocycles. The first-order valence-electron chi connectivity index (χ1n) is 15.0. The summed E-state index contributed by atoms with van der Waals surface area (Å²) in [6, 6.07) is 16.3. The molecule has 2 amide bonds. The van der Waals surface area contributed by atoms with Crippen molar-refractivity contribution >= 4 is 12.0 Å². The Balaban J connectivity index is 1.25. The van der Waals surface area contributed by atoms with Crippen LogP contribution in [0.15, 0.2) is 54.7 Å². The van der Waals surface area contributed by atoms with Gasteiger partial charge in [-0.1, -0.05) is 24.3 Å². The molecular formula is C33H43N5O4. The van der Waals surface area contributed by atoms with Crippen LogP contribution in [0.3, 0.4) is 0 Å². The van der Waals surface area contributed by atoms with Crippen molar-refractivity contribution < 1.29 is 19.1 Å². The Morgan fingerprint density at radius 1 is 1.00 bits per heavy atom. The second-order valence-corrected chi connectivity index (χ2v) is 12.2. The molecule has 3 aromatic rings. The molecule has 2 aliphatic rings. The second-order valence-electron chi connectivity index (χ2n) is 12.2. The van der Waals surface area contributed by atoms with Crippen molar-refractivity contribution in [2.75, 3.05) is 39.8 Å². The lowest BCUT2D eigenvalue weighted by Crippen LogP contribution is -2.41. The zero-order valence-electron chi connectivity index (χ0n) is 25.3. The molecule has 3 heterocycles. The molecule has 1 fully saturated rings. The average Bonchev–Trinajstić information content (AvgIpc) is 3.44. The summed E-state index contributed by atoms with van der Waals surface area (Å²) in [5.74, 6) is 0.721. The number of nitrogens with one attached hydrogen (secondary N) is 1. The van der Waals surface area contributed by atoms with E-state index in [0.29, 0.717) is 25.2 Å². The minimum atomic E-state index is -0.537. The van der Waals surface area contributed by atoms with Crippen molar-refractivity contribution in [3.8, 4) is 11.4 Å². The van der Waals surface area contributed by atoms with Gasteiger partial charge in [0.15, 0.2) is 0 Å². The van der Waals surface area contributed by atoms with Crippen molar-refractivity contribution in [2.24, 2.45) is 0 Å². The normalized spacial score (nSPS) is 16.1. The topological polar surface area (TPSA) is 88.9 Å². The highest BCUT2D eigenvalue weighted by Crippen LogP contribution is 2.33. The maximum Gasteiger partial charge on any atom is 0.410 e. The fourth-order valence-corrected chi connectivity index (χ4v) is 5.86. The Morgan fingerprint density at radius 2 is 1.71 bits per heavy atom. The van der Waals surface area contributed by atoms with Gasteiger partial charge in [0.05, 0.1) is 30.3 Å². The van der Waals surface area contributed by atoms with Gasteiger partial charge in [-0.15, -0.1) is 0 Å². The number of aromatic nitrogens is 2. The highest BCUT2D eigenvalue weighted by Gasteiger charge is 2.32. The van der Waals surface area contributed by atoms with E-state index < -0.39 is 5.60 Å². The summed E-state index contributed by atoms with van der Waals surface area (Å²) in [5.41, 5.74) is 4.65. The summed E-state index contributed by atoms with van der Waals surface area (Å²) in [5, 5.41) is 7.81. The number of likely N-dealkylation sites (tertiary alicyclic amines) is 1. The predicted octanol–water partition coefficient (Wildman–Crippen LogP) is 5.17. The number of fused-ring (bicyclic) bond motifs is 1. The molecule has 0 saturated carbocycles. The molecule has 0 atom stereocenters. The Morgan fingerprint density at radius 3 is 2.40 bits per heavy atom. The van der Waals surface area contributed by atoms with Crippen LogP contribution >= 0.6 is 0 Å². The molecule has 224 valence electrons. The van der Waals surface area contributed by atoms with Gasteiger partial charge in [-0.05, 0) is 81.8 Å². The quantitative estimate of drug-likeness (QED) is 0.374. The van der Waals surface area contributed by atoms with Gasteiger partial charge in [0, 0.05) is 45.2 Å². The lowest BCUT2D eigenvalue weighted by molar-refractivity contribution is 0.0203. The number of methoxy groups -OCH3 is 1. The first-order chi connectivity index (χ1) is 20.2. The Kier molecular flexibility index (Phi) is 9.16. The first kappa shape index (κ1) is 29.6. The van der Waals surface area contributed by atoms with Gasteiger partial charge in [-0.2, -0.15) is 5.10 Å². The second kappa shape index (κ2) is 13.0. The van der Waals surface area contributed by atoms with Crippen LogP contribution < -0.4 is 10.1 Å². The number of amides is 2. The van der Waals surface area contributed by atoms with Crippen LogP contribution in [0.2, 0.25) is 0 Å². The number of ether oxygens (including phenoxy) is 2. The van der Waals surface area contributed by atoms with Crippen molar-refractivity contribution in [3.05, 3.63) is 77.1 Å². The van der Waals surface area contributed by atoms with E-state index in [0.717, 1.165) is 62.4 Å². The summed E-state index contributed by atoms with van der Waals surface area (Å²) in [6.07, 6.45) is 4.78. The first-order valence-corrected chi connectivity index (χ1v) is 15.0. The third-order valence-corrected chi connectivity index (χ3v) is 8.05. The zero-order valence-corrected chi connectivity index (χ0v) is 25.3. The van der Waals surface area contributed by atoms with Crippen LogP contribution in [0.5, 0.6) is 5.75 Å². The summed E-state index contributed by atoms with van der Waals surface area (Å²) >= 11 is 0. The molecule has 1 aromatic heterocycles. The Labute approximate surface area is 248 Å². The Hall–Kier alpha value is -3.85. The number of hydrogen-bond acceptors (Lipinski definition) is 6. The average molecular weight is 574 g/mol. The number of hydrogen-bond donors (Lipinski definition) is 1. The summed E-state index contributed by atoms with van der Waals surface area (Å²) < 4.78 is 12.8. The van der Waals surface area contributed by atoms with Crippen molar-refractivity contribution in [2.45, 2.75) is 64.5 Å². The van der Waals surface area contributed by atoms with E-state index in [1.807, 2.05) is 49.7 Å². The summed E-state index contributed by atoms with van der Waals surface area (Å²) in [7, 11) is 1.64. The molecule has 5 rings (SSSR count). The molecule has 1 N–H and O–H groups in total. The fraction of sp³-hybridized carbons (Fsp3) is 0.485. The highest BCUT2D eigenvalue weighted by atomic mass is 16.6. The molecule has 0 radical (unpaired) electrons. The maximum absolute atomic E-state index is 13.5. The summed E-state index contributed by atoms with van der Waals surface area (Å²) in [6.45, 7) is 10.3. The SMILES string of the molecule is COc1ccc(-n2ncc(C(=O)NCCCN3CCc4ccccc4C3)c2C2CCN(C(=O)OC(C)(C)C)CC2)cc1. The molecule has 0 bridgehead atoms. The van der Waals surface area contributed by atoms with Crippen molar-refractivity contribution in [1.82, 2.24) is 24.9 Å². The molecule has 0 spiro atoms. The molecule has 9 heteroatoms. The van der Waals surface area contributed by atoms with Gasteiger partial charge >= 0.3 is 6.09 Å². The van der Waals surface area contributed by atoms with Gasteiger partial charge < -0.3 is 19.7 Å². The molecule has 2 aliphatic heterocycles. The molecule has 42 heavy (non-hydrogen) atoms. The standard InChI is InChI=1S/C33H43N5O4/c1-33(2,3)42-32(40)37-20-15-25(16-21-37)30-29(22-35-38(30)27-10-12-28(41-4)13-11-27)31(39)34-17-7-18-36-19-14-24-8-5-6-9-26(24)23-36/h5-6,8-13,22,25H,7,14-21,23H2,1-4H3,(H,34,39). The van der Waals surface area contributed by atoms with Crippen LogP contribution in [0.25, 0.3) is 5.69 Å². The number of piperidine rings is 1. The van der Waals surface area contributed by atoms with E-state index in [2.05, 4.69) is 39.6 Å². The number of carbonyl (C=O) groups is 2. The van der Waals surface area contributed by atoms with E-state index in [1.165, 1.54) is 11.1 Å². The van der Waals surface area contributed by atoms with E-state index in [9.17, 15) is 9.59 Å². The third-order valence-electron chi connectivity index (χ3n) is 8.05. The lowest BCUT2D eigenvalue weighted by atomic mass is 9.91. The Bertz CT molecular complexity index is 1370. The smallest absolute Gasteiger partial charge is 0.410 e. The van der Waals surface area contributed by atoms with Crippen LogP contribution in [-0.4, -0.2) is 77.0 Å². The van der Waals surface area contributed by atoms with E-state index in [-0.39, 0.29) is 17.9 Å². The maximum atomic E-state index is 13.5. The fourth-order valence-electron chi connectivity index (χ4n) is 5.86. The van der Waals surface area contributed by atoms with Crippen molar-refractivity contribution in [1.29, 1.82) is 0 Å². The lowest BCUT2D eigenvalue weighted by Gasteiger charge is -2.34. The van der Waals surface area contributed by atoms with Gasteiger partial charge in [-0.25, -0.2) is 9.48 Å². The minimum absolute atomic E-state index is 0.0717. The van der Waals surface area contributed by atoms with Crippen LogP contribution in [0.1, 0.15) is 73.1 Å². The van der Waals surface area contributed by atoms with Gasteiger partial charge in [-0.3, -0.25) is 9.69 Å². The van der Waals surface area contributed by atoms with Crippen molar-refractivity contribution in [3.63, 3.8) is 0 Å². The third kappa shape index (κ3) is 7.13. The molecule has 2 aromatic carbocycles. The summed E-state index contributed by atoms with van der Waals surface area (Å²) in [4.78, 5) is 30.4. The number of carbonyl (C=O) groups excluding carboxylic acids is 2. The number of rotatable bonds is 8. The predicted molar refractivity (Wildman–Crippen MR) is 162 cm³/mol. The van der Waals surface area contributed by atoms with Crippen LogP contribution in [0, 0.1) is 0 Å². The monoisotopic (exact) mass is 573 g/mol. The number of nitrogens with zero attached hydrogens (tertiary/aromatic N) is 4. The van der Waals surface area contributed by atoms with E-state index >= 15 is 0 Å². The van der Waals surface area contributed by atoms with Crippen LogP contribution in [-0.2, 0) is 17.7 Å². The number of benzene rings is 2. The van der Waals surface area contributed by atoms with E-state index in [4.69, 9.17) is 9.47 Å². The highest BCUT2D eigenvalue weighted by molar-refractivity contribution is 5.95. The van der Waals surface area contributed by atoms with Gasteiger partial charge in [0.2, 0.25) is 0 Å². The van der Waals surface area contributed by atoms with Crippen LogP contribution in [0.4, 0.5) is 4.79 Å². The van der Waals surface area contributed by atoms with Gasteiger partial charge in [0.25, 0.3) is 5.91 Å². The van der Waals surface area contributed by atoms with E-state index in [1.54, 1.807) is 18.2 Å². The molecule has 0 unspecified atom stereocenters. The zero-order chi connectivity index (χ0) is 29.7. The molecule has 9 nitrogen and oxygen atoms in total. The molecular weight excluding hydrogens is 530 g/mol. The molecule has 0 aliphatic carbocycles. The minimum Gasteiger partial charge on any atom is -0.497 e.